The monoisotopic (exact) mass is 382 g/mol. The van der Waals surface area contributed by atoms with Crippen molar-refractivity contribution in [1.82, 2.24) is 19.6 Å². The summed E-state index contributed by atoms with van der Waals surface area (Å²) in [6.45, 7) is 4.93. The summed E-state index contributed by atoms with van der Waals surface area (Å²) in [6, 6.07) is 10.4. The first kappa shape index (κ1) is 16.2. The molecule has 0 spiro atoms. The van der Waals surface area contributed by atoms with Gasteiger partial charge >= 0.3 is 0 Å². The molecule has 0 N–H and O–H groups in total. The third kappa shape index (κ3) is 2.71. The van der Waals surface area contributed by atoms with E-state index in [2.05, 4.69) is 53.3 Å². The summed E-state index contributed by atoms with van der Waals surface area (Å²) < 4.78 is 7.98. The Morgan fingerprint density at radius 2 is 2.08 bits per heavy atom. The van der Waals surface area contributed by atoms with Crippen molar-refractivity contribution in [3.8, 4) is 0 Å². The van der Waals surface area contributed by atoms with E-state index in [9.17, 15) is 0 Å². The number of ether oxygens (including phenoxy) is 1. The van der Waals surface area contributed by atoms with Crippen molar-refractivity contribution in [3.05, 3.63) is 52.7 Å². The van der Waals surface area contributed by atoms with Crippen LogP contribution in [0.25, 0.3) is 15.9 Å². The molecular formula is C19H18N4OS2. The molecule has 0 aliphatic carbocycles. The second kappa shape index (κ2) is 6.04. The highest BCUT2D eigenvalue weighted by atomic mass is 32.2. The Morgan fingerprint density at radius 1 is 1.23 bits per heavy atom. The number of rotatable bonds is 3. The van der Waals surface area contributed by atoms with Gasteiger partial charge in [-0.1, -0.05) is 42.1 Å². The van der Waals surface area contributed by atoms with Crippen LogP contribution in [0.5, 0.6) is 0 Å². The topological polar surface area (TPSA) is 52.3 Å². The first-order valence-corrected chi connectivity index (χ1v) is 10.4. The predicted molar refractivity (Wildman–Crippen MR) is 105 cm³/mol. The second-order valence-electron chi connectivity index (χ2n) is 7.10. The van der Waals surface area contributed by atoms with Crippen LogP contribution in [0.2, 0.25) is 0 Å². The second-order valence-corrected chi connectivity index (χ2v) is 9.13. The predicted octanol–water partition coefficient (Wildman–Crippen LogP) is 4.48. The molecule has 1 aliphatic heterocycles. The van der Waals surface area contributed by atoms with Gasteiger partial charge in [-0.3, -0.25) is 4.40 Å². The van der Waals surface area contributed by atoms with E-state index < -0.39 is 0 Å². The summed E-state index contributed by atoms with van der Waals surface area (Å²) in [6.07, 6.45) is 2.72. The zero-order valence-corrected chi connectivity index (χ0v) is 16.2. The third-order valence-electron chi connectivity index (χ3n) is 4.66. The van der Waals surface area contributed by atoms with Crippen LogP contribution in [0, 0.1) is 0 Å². The van der Waals surface area contributed by atoms with E-state index in [1.165, 1.54) is 16.0 Å². The molecular weight excluding hydrogens is 364 g/mol. The van der Waals surface area contributed by atoms with Crippen LogP contribution in [0.4, 0.5) is 0 Å². The lowest BCUT2D eigenvalue weighted by molar-refractivity contribution is -0.0379. The largest absolute Gasteiger partial charge is 0.370 e. The van der Waals surface area contributed by atoms with Gasteiger partial charge in [-0.05, 0) is 25.0 Å². The van der Waals surface area contributed by atoms with E-state index in [0.717, 1.165) is 33.2 Å². The molecule has 7 heteroatoms. The number of thiophene rings is 1. The molecule has 132 valence electrons. The number of fused-ring (bicyclic) bond motifs is 5. The Kier molecular flexibility index (Phi) is 3.77. The van der Waals surface area contributed by atoms with Gasteiger partial charge in [-0.2, -0.15) is 0 Å². The van der Waals surface area contributed by atoms with Crippen molar-refractivity contribution >= 4 is 39.0 Å². The van der Waals surface area contributed by atoms with E-state index in [4.69, 9.17) is 4.74 Å². The average molecular weight is 383 g/mol. The van der Waals surface area contributed by atoms with Crippen LogP contribution in [-0.4, -0.2) is 25.2 Å². The Hall–Kier alpha value is -1.96. The summed E-state index contributed by atoms with van der Waals surface area (Å²) >= 11 is 3.40. The van der Waals surface area contributed by atoms with Gasteiger partial charge in [0.15, 0.2) is 10.8 Å². The van der Waals surface area contributed by atoms with Crippen LogP contribution < -0.4 is 0 Å². The summed E-state index contributed by atoms with van der Waals surface area (Å²) in [5, 5.41) is 11.0. The number of hydrogen-bond acceptors (Lipinski definition) is 6. The van der Waals surface area contributed by atoms with Crippen molar-refractivity contribution in [3.63, 3.8) is 0 Å². The van der Waals surface area contributed by atoms with Crippen molar-refractivity contribution in [2.45, 2.75) is 43.4 Å². The Labute approximate surface area is 159 Å². The molecule has 26 heavy (non-hydrogen) atoms. The number of aromatic nitrogens is 4. The SMILES string of the molecule is CC1(C)Cc2c(sc3ncn4c(SCc5ccccc5)nnc4c23)CO1. The first-order chi connectivity index (χ1) is 12.6. The molecule has 0 saturated heterocycles. The van der Waals surface area contributed by atoms with Gasteiger partial charge in [-0.15, -0.1) is 21.5 Å². The highest BCUT2D eigenvalue weighted by molar-refractivity contribution is 7.98. The summed E-state index contributed by atoms with van der Waals surface area (Å²) in [4.78, 5) is 6.97. The molecule has 5 rings (SSSR count). The molecule has 0 amide bonds. The lowest BCUT2D eigenvalue weighted by atomic mass is 9.94. The molecule has 1 aromatic carbocycles. The van der Waals surface area contributed by atoms with E-state index >= 15 is 0 Å². The molecule has 1 aliphatic rings. The van der Waals surface area contributed by atoms with Crippen molar-refractivity contribution in [1.29, 1.82) is 0 Å². The maximum absolute atomic E-state index is 5.96. The quantitative estimate of drug-likeness (QED) is 0.489. The van der Waals surface area contributed by atoms with Gasteiger partial charge < -0.3 is 4.74 Å². The summed E-state index contributed by atoms with van der Waals surface area (Å²) in [5.74, 6) is 0.863. The smallest absolute Gasteiger partial charge is 0.197 e. The van der Waals surface area contributed by atoms with E-state index in [0.29, 0.717) is 6.61 Å². The van der Waals surface area contributed by atoms with Gasteiger partial charge in [0.2, 0.25) is 0 Å². The van der Waals surface area contributed by atoms with Crippen molar-refractivity contribution < 1.29 is 4.74 Å². The fourth-order valence-electron chi connectivity index (χ4n) is 3.34. The van der Waals surface area contributed by atoms with Gasteiger partial charge in [0.25, 0.3) is 0 Å². The fraction of sp³-hybridized carbons (Fsp3) is 0.316. The molecule has 3 aromatic heterocycles. The normalized spacial score (nSPS) is 16.2. The minimum atomic E-state index is -0.154. The molecule has 0 fully saturated rings. The van der Waals surface area contributed by atoms with Gasteiger partial charge in [0.05, 0.1) is 17.6 Å². The first-order valence-electron chi connectivity index (χ1n) is 8.55. The molecule has 0 unspecified atom stereocenters. The molecule has 4 aromatic rings. The lowest BCUT2D eigenvalue weighted by Crippen LogP contribution is -2.31. The van der Waals surface area contributed by atoms with Crippen molar-refractivity contribution in [2.75, 3.05) is 0 Å². The van der Waals surface area contributed by atoms with Crippen LogP contribution in [0.15, 0.2) is 41.8 Å². The van der Waals surface area contributed by atoms with Gasteiger partial charge in [-0.25, -0.2) is 4.98 Å². The van der Waals surface area contributed by atoms with Crippen LogP contribution >= 0.6 is 23.1 Å². The van der Waals surface area contributed by atoms with Crippen LogP contribution in [0.1, 0.15) is 29.9 Å². The Morgan fingerprint density at radius 3 is 2.92 bits per heavy atom. The standard InChI is InChI=1S/C19H18N4OS2/c1-19(2)8-13-14(9-24-19)26-17-15(13)16-21-22-18(23(16)11-20-17)25-10-12-6-4-3-5-7-12/h3-7,11H,8-10H2,1-2H3. The maximum Gasteiger partial charge on any atom is 0.197 e. The summed E-state index contributed by atoms with van der Waals surface area (Å²) in [5.41, 5.74) is 3.35. The lowest BCUT2D eigenvalue weighted by Gasteiger charge is -2.30. The average Bonchev–Trinajstić information content (AvgIpc) is 3.20. The van der Waals surface area contributed by atoms with Gasteiger partial charge in [0.1, 0.15) is 11.2 Å². The number of thioether (sulfide) groups is 1. The van der Waals surface area contributed by atoms with Crippen LogP contribution in [-0.2, 0) is 23.5 Å². The highest BCUT2D eigenvalue weighted by Gasteiger charge is 2.30. The van der Waals surface area contributed by atoms with E-state index in [1.807, 2.05) is 16.8 Å². The summed E-state index contributed by atoms with van der Waals surface area (Å²) in [7, 11) is 0. The number of nitrogens with zero attached hydrogens (tertiary/aromatic N) is 4. The Bertz CT molecular complexity index is 1100. The molecule has 0 atom stereocenters. The minimum Gasteiger partial charge on any atom is -0.370 e. The van der Waals surface area contributed by atoms with E-state index in [-0.39, 0.29) is 5.60 Å². The third-order valence-corrected chi connectivity index (χ3v) is 6.79. The molecule has 5 nitrogen and oxygen atoms in total. The molecule has 0 radical (unpaired) electrons. The number of hydrogen-bond donors (Lipinski definition) is 0. The van der Waals surface area contributed by atoms with E-state index in [1.54, 1.807) is 23.1 Å². The fourth-order valence-corrected chi connectivity index (χ4v) is 5.27. The zero-order valence-electron chi connectivity index (χ0n) is 14.6. The maximum atomic E-state index is 5.96. The molecule has 0 saturated carbocycles. The highest BCUT2D eigenvalue weighted by Crippen LogP contribution is 2.40. The number of benzene rings is 1. The molecule has 4 heterocycles. The Balaban J connectivity index is 1.57. The zero-order chi connectivity index (χ0) is 17.7. The van der Waals surface area contributed by atoms with Crippen molar-refractivity contribution in [2.24, 2.45) is 0 Å². The van der Waals surface area contributed by atoms with Crippen LogP contribution in [0.3, 0.4) is 0 Å². The molecule has 0 bridgehead atoms. The van der Waals surface area contributed by atoms with Gasteiger partial charge in [0, 0.05) is 17.1 Å². The minimum absolute atomic E-state index is 0.154.